The number of hydrogen-bond acceptors (Lipinski definition) is 4. The third-order valence-electron chi connectivity index (χ3n) is 2.56. The predicted molar refractivity (Wildman–Crippen MR) is 58.6 cm³/mol. The van der Waals surface area contributed by atoms with Crippen molar-refractivity contribution in [1.29, 1.82) is 0 Å². The minimum absolute atomic E-state index is 0.208. The van der Waals surface area contributed by atoms with Crippen molar-refractivity contribution in [3.05, 3.63) is 42.2 Å². The highest BCUT2D eigenvalue weighted by atomic mass is 16.6. The van der Waals surface area contributed by atoms with Crippen LogP contribution in [0.25, 0.3) is 5.69 Å². The fraction of sp³-hybridized carbons (Fsp3) is 0.182. The minimum atomic E-state index is -0.413. The van der Waals surface area contributed by atoms with Crippen molar-refractivity contribution in [2.24, 2.45) is 0 Å². The average molecular weight is 230 g/mol. The molecular formula is C11H10N4O2. The lowest BCUT2D eigenvalue weighted by atomic mass is 10.2. The molecule has 1 aliphatic heterocycles. The van der Waals surface area contributed by atoms with Gasteiger partial charge in [0.05, 0.1) is 11.9 Å². The Morgan fingerprint density at radius 3 is 2.88 bits per heavy atom. The Labute approximate surface area is 97.2 Å². The summed E-state index contributed by atoms with van der Waals surface area (Å²) in [6.45, 7) is 0.298. The highest BCUT2D eigenvalue weighted by Crippen LogP contribution is 2.16. The van der Waals surface area contributed by atoms with E-state index >= 15 is 0 Å². The second-order valence-corrected chi connectivity index (χ2v) is 3.72. The van der Waals surface area contributed by atoms with E-state index in [1.54, 1.807) is 10.9 Å². The smallest absolute Gasteiger partial charge is 0.407 e. The molecule has 17 heavy (non-hydrogen) atoms. The SMILES string of the molecule is O=C1NC(c2cn(-c3ccccc3)nn2)CO1. The number of nitrogens with zero attached hydrogens (tertiary/aromatic N) is 3. The molecular weight excluding hydrogens is 220 g/mol. The molecule has 1 amide bonds. The lowest BCUT2D eigenvalue weighted by molar-refractivity contribution is 0.177. The molecule has 1 atom stereocenters. The standard InChI is InChI=1S/C11H10N4O2/c16-11-12-10(7-17-11)9-6-15(14-13-9)8-4-2-1-3-5-8/h1-6,10H,7H2,(H,12,16). The molecule has 0 bridgehead atoms. The number of cyclic esters (lactones) is 1. The Morgan fingerprint density at radius 1 is 1.35 bits per heavy atom. The van der Waals surface area contributed by atoms with Crippen LogP contribution in [0.2, 0.25) is 0 Å². The number of alkyl carbamates (subject to hydrolysis) is 1. The summed E-state index contributed by atoms with van der Waals surface area (Å²) in [6, 6.07) is 9.45. The second-order valence-electron chi connectivity index (χ2n) is 3.72. The van der Waals surface area contributed by atoms with Crippen LogP contribution in [0.5, 0.6) is 0 Å². The third-order valence-corrected chi connectivity index (χ3v) is 2.56. The van der Waals surface area contributed by atoms with Crippen LogP contribution in [0.15, 0.2) is 36.5 Å². The molecule has 1 aromatic carbocycles. The van der Waals surface area contributed by atoms with Gasteiger partial charge in [-0.2, -0.15) is 0 Å². The summed E-state index contributed by atoms with van der Waals surface area (Å²) >= 11 is 0. The fourth-order valence-corrected chi connectivity index (χ4v) is 1.69. The summed E-state index contributed by atoms with van der Waals surface area (Å²) in [5, 5.41) is 10.7. The number of para-hydroxylation sites is 1. The third kappa shape index (κ3) is 1.84. The van der Waals surface area contributed by atoms with Gasteiger partial charge in [-0.15, -0.1) is 5.10 Å². The molecule has 1 unspecified atom stereocenters. The number of benzene rings is 1. The van der Waals surface area contributed by atoms with E-state index in [2.05, 4.69) is 15.6 Å². The molecule has 1 N–H and O–H groups in total. The van der Waals surface area contributed by atoms with Crippen LogP contribution in [0, 0.1) is 0 Å². The van der Waals surface area contributed by atoms with Crippen LogP contribution in [0.4, 0.5) is 4.79 Å². The van der Waals surface area contributed by atoms with Gasteiger partial charge < -0.3 is 10.1 Å². The van der Waals surface area contributed by atoms with E-state index in [1.807, 2.05) is 30.3 Å². The summed E-state index contributed by atoms with van der Waals surface area (Å²) < 4.78 is 6.47. The summed E-state index contributed by atoms with van der Waals surface area (Å²) in [7, 11) is 0. The number of aromatic nitrogens is 3. The number of ether oxygens (including phenoxy) is 1. The van der Waals surface area contributed by atoms with Crippen molar-refractivity contribution in [2.45, 2.75) is 6.04 Å². The van der Waals surface area contributed by atoms with Crippen molar-refractivity contribution in [3.63, 3.8) is 0 Å². The van der Waals surface area contributed by atoms with Crippen molar-refractivity contribution in [3.8, 4) is 5.69 Å². The first kappa shape index (κ1) is 9.83. The van der Waals surface area contributed by atoms with Crippen molar-refractivity contribution >= 4 is 6.09 Å². The molecule has 0 saturated carbocycles. The van der Waals surface area contributed by atoms with Crippen LogP contribution in [0.3, 0.4) is 0 Å². The van der Waals surface area contributed by atoms with Gasteiger partial charge in [0.25, 0.3) is 0 Å². The maximum absolute atomic E-state index is 10.9. The lowest BCUT2D eigenvalue weighted by Gasteiger charge is -2.00. The number of nitrogens with one attached hydrogen (secondary N) is 1. The Morgan fingerprint density at radius 2 is 2.18 bits per heavy atom. The van der Waals surface area contributed by atoms with Crippen molar-refractivity contribution in [2.75, 3.05) is 6.61 Å². The van der Waals surface area contributed by atoms with Gasteiger partial charge in [-0.25, -0.2) is 9.48 Å². The molecule has 1 aliphatic rings. The van der Waals surface area contributed by atoms with E-state index in [0.717, 1.165) is 5.69 Å². The first-order chi connectivity index (χ1) is 8.33. The number of carbonyl (C=O) groups excluding carboxylic acids is 1. The maximum atomic E-state index is 10.9. The Hall–Kier alpha value is -2.37. The van der Waals surface area contributed by atoms with Gasteiger partial charge in [0, 0.05) is 0 Å². The highest BCUT2D eigenvalue weighted by Gasteiger charge is 2.26. The fourth-order valence-electron chi connectivity index (χ4n) is 1.69. The van der Waals surface area contributed by atoms with Gasteiger partial charge in [0.1, 0.15) is 18.3 Å². The molecule has 3 rings (SSSR count). The van der Waals surface area contributed by atoms with E-state index in [9.17, 15) is 4.79 Å². The summed E-state index contributed by atoms with van der Waals surface area (Å²) in [5.41, 5.74) is 1.62. The molecule has 1 fully saturated rings. The molecule has 2 heterocycles. The topological polar surface area (TPSA) is 69.0 Å². The number of amides is 1. The Kier molecular flexibility index (Phi) is 2.25. The normalized spacial score (nSPS) is 18.8. The monoisotopic (exact) mass is 230 g/mol. The van der Waals surface area contributed by atoms with Gasteiger partial charge in [-0.3, -0.25) is 0 Å². The van der Waals surface area contributed by atoms with E-state index < -0.39 is 6.09 Å². The largest absolute Gasteiger partial charge is 0.447 e. The van der Waals surface area contributed by atoms with E-state index in [1.165, 1.54) is 0 Å². The Bertz CT molecular complexity index is 537. The van der Waals surface area contributed by atoms with Crippen LogP contribution in [0.1, 0.15) is 11.7 Å². The lowest BCUT2D eigenvalue weighted by Crippen LogP contribution is -2.18. The van der Waals surface area contributed by atoms with Gasteiger partial charge in [0.2, 0.25) is 0 Å². The van der Waals surface area contributed by atoms with E-state index in [-0.39, 0.29) is 6.04 Å². The molecule has 2 aromatic rings. The Balaban J connectivity index is 1.86. The quantitative estimate of drug-likeness (QED) is 0.837. The number of carbonyl (C=O) groups is 1. The first-order valence-corrected chi connectivity index (χ1v) is 5.24. The molecule has 1 aromatic heterocycles. The van der Waals surface area contributed by atoms with Gasteiger partial charge in [0.15, 0.2) is 0 Å². The van der Waals surface area contributed by atoms with Crippen molar-refractivity contribution < 1.29 is 9.53 Å². The summed E-state index contributed by atoms with van der Waals surface area (Å²) in [6.07, 6.45) is 1.37. The van der Waals surface area contributed by atoms with E-state index in [0.29, 0.717) is 12.3 Å². The highest BCUT2D eigenvalue weighted by molar-refractivity contribution is 5.69. The van der Waals surface area contributed by atoms with Crippen LogP contribution >= 0.6 is 0 Å². The summed E-state index contributed by atoms with van der Waals surface area (Å²) in [4.78, 5) is 10.9. The zero-order chi connectivity index (χ0) is 11.7. The molecule has 6 heteroatoms. The summed E-state index contributed by atoms with van der Waals surface area (Å²) in [5.74, 6) is 0. The molecule has 1 saturated heterocycles. The zero-order valence-electron chi connectivity index (χ0n) is 8.91. The molecule has 0 spiro atoms. The van der Waals surface area contributed by atoms with Crippen LogP contribution in [-0.2, 0) is 4.74 Å². The maximum Gasteiger partial charge on any atom is 0.407 e. The number of hydrogen-bond donors (Lipinski definition) is 1. The molecule has 6 nitrogen and oxygen atoms in total. The van der Waals surface area contributed by atoms with Crippen molar-refractivity contribution in [1.82, 2.24) is 20.3 Å². The molecule has 0 aliphatic carbocycles. The van der Waals surface area contributed by atoms with Gasteiger partial charge >= 0.3 is 6.09 Å². The number of rotatable bonds is 2. The average Bonchev–Trinajstić information content (AvgIpc) is 2.98. The van der Waals surface area contributed by atoms with Gasteiger partial charge in [-0.05, 0) is 12.1 Å². The second kappa shape index (κ2) is 3.89. The molecule has 86 valence electrons. The molecule has 0 radical (unpaired) electrons. The van der Waals surface area contributed by atoms with E-state index in [4.69, 9.17) is 4.74 Å². The van der Waals surface area contributed by atoms with Gasteiger partial charge in [-0.1, -0.05) is 23.4 Å². The zero-order valence-corrected chi connectivity index (χ0v) is 8.91. The van der Waals surface area contributed by atoms with Crippen LogP contribution < -0.4 is 5.32 Å². The first-order valence-electron chi connectivity index (χ1n) is 5.24. The minimum Gasteiger partial charge on any atom is -0.447 e. The predicted octanol–water partition coefficient (Wildman–Crippen LogP) is 1.05. The van der Waals surface area contributed by atoms with Crippen LogP contribution in [-0.4, -0.2) is 27.7 Å².